The monoisotopic (exact) mass is 539 g/mol. The van der Waals surface area contributed by atoms with Gasteiger partial charge in [0.2, 0.25) is 11.8 Å². The first-order chi connectivity index (χ1) is 17.1. The Kier molecular flexibility index (Phi) is 8.77. The second-order valence-corrected chi connectivity index (χ2v) is 10.2. The Morgan fingerprint density at radius 2 is 1.97 bits per heavy atom. The minimum atomic E-state index is -4.54. The molecule has 1 atom stereocenters. The van der Waals surface area contributed by atoms with Gasteiger partial charge in [-0.2, -0.15) is 0 Å². The van der Waals surface area contributed by atoms with Crippen LogP contribution in [0.25, 0.3) is 0 Å². The molecule has 2 aromatic carbocycles. The summed E-state index contributed by atoms with van der Waals surface area (Å²) in [5.74, 6) is -2.73. The lowest BCUT2D eigenvalue weighted by atomic mass is 9.97. The molecule has 0 aromatic heterocycles. The number of nitrogens with one attached hydrogen (secondary N) is 2. The first-order valence-electron chi connectivity index (χ1n) is 10.8. The summed E-state index contributed by atoms with van der Waals surface area (Å²) in [4.78, 5) is 37.8. The van der Waals surface area contributed by atoms with Crippen LogP contribution in [-0.4, -0.2) is 76.0 Å². The van der Waals surface area contributed by atoms with Crippen molar-refractivity contribution in [1.82, 2.24) is 14.9 Å². The first kappa shape index (κ1) is 27.2. The lowest BCUT2D eigenvalue weighted by Crippen LogP contribution is -2.42. The second kappa shape index (κ2) is 11.6. The van der Waals surface area contributed by atoms with Crippen molar-refractivity contribution in [3.8, 4) is 11.5 Å². The Hall–Kier alpha value is -3.35. The van der Waals surface area contributed by atoms with Crippen LogP contribution in [0, 0.1) is 5.92 Å². The molecular weight excluding hydrogens is 514 g/mol. The summed E-state index contributed by atoms with van der Waals surface area (Å²) < 4.78 is 37.6. The van der Waals surface area contributed by atoms with Crippen molar-refractivity contribution in [2.45, 2.75) is 11.3 Å². The Balaban J connectivity index is 1.94. The zero-order valence-electron chi connectivity index (χ0n) is 19.6. The van der Waals surface area contributed by atoms with Gasteiger partial charge in [0.25, 0.3) is 15.9 Å². The molecule has 1 fully saturated rings. The van der Waals surface area contributed by atoms with E-state index in [4.69, 9.17) is 21.1 Å². The number of amides is 3. The standard InChI is InChI=1S/C23H26ClN3O8S/c1-34-8-7-25-22(30)18-11-17(4-5-19(18)24)36(32,33)27-13-21(29)26-12-15(23(27)31)9-14-10-16(28)3-6-20(14)35-2/h3-6,10-11,15,28H,7-9,12-13H2,1-2H3,(H,25,30)(H,26,29). The number of benzene rings is 2. The van der Waals surface area contributed by atoms with Gasteiger partial charge < -0.3 is 25.2 Å². The molecule has 1 heterocycles. The van der Waals surface area contributed by atoms with Crippen molar-refractivity contribution in [1.29, 1.82) is 0 Å². The zero-order chi connectivity index (χ0) is 26.5. The molecular formula is C23H26ClN3O8S. The van der Waals surface area contributed by atoms with Gasteiger partial charge in [-0.15, -0.1) is 0 Å². The minimum absolute atomic E-state index is 0.00349. The number of aromatic hydroxyl groups is 1. The molecule has 1 saturated heterocycles. The molecule has 36 heavy (non-hydrogen) atoms. The van der Waals surface area contributed by atoms with Gasteiger partial charge in [0.05, 0.1) is 35.1 Å². The summed E-state index contributed by atoms with van der Waals surface area (Å²) in [6, 6.07) is 7.80. The average Bonchev–Trinajstić information content (AvgIpc) is 2.98. The summed E-state index contributed by atoms with van der Waals surface area (Å²) in [7, 11) is -1.65. The fourth-order valence-corrected chi connectivity index (χ4v) is 5.31. The minimum Gasteiger partial charge on any atom is -0.508 e. The summed E-state index contributed by atoms with van der Waals surface area (Å²) in [6.07, 6.45) is -0.00349. The molecule has 0 bridgehead atoms. The zero-order valence-corrected chi connectivity index (χ0v) is 21.2. The van der Waals surface area contributed by atoms with Crippen LogP contribution in [-0.2, 0) is 30.8 Å². The summed E-state index contributed by atoms with van der Waals surface area (Å²) in [5, 5.41) is 15.0. The van der Waals surface area contributed by atoms with Gasteiger partial charge in [-0.05, 0) is 48.4 Å². The van der Waals surface area contributed by atoms with Crippen molar-refractivity contribution < 1.29 is 37.4 Å². The Morgan fingerprint density at radius 1 is 1.22 bits per heavy atom. The molecule has 1 unspecified atom stereocenters. The number of phenols is 1. The van der Waals surface area contributed by atoms with Crippen LogP contribution >= 0.6 is 11.6 Å². The summed E-state index contributed by atoms with van der Waals surface area (Å²) >= 11 is 6.11. The largest absolute Gasteiger partial charge is 0.508 e. The average molecular weight is 540 g/mol. The van der Waals surface area contributed by atoms with E-state index in [1.807, 2.05) is 0 Å². The molecule has 3 amide bonds. The Morgan fingerprint density at radius 3 is 2.67 bits per heavy atom. The molecule has 1 aliphatic heterocycles. The summed E-state index contributed by atoms with van der Waals surface area (Å²) in [6.45, 7) is -0.430. The predicted molar refractivity (Wildman–Crippen MR) is 129 cm³/mol. The number of halogens is 1. The molecule has 194 valence electrons. The first-order valence-corrected chi connectivity index (χ1v) is 12.7. The normalized spacial score (nSPS) is 16.3. The highest BCUT2D eigenvalue weighted by Crippen LogP contribution is 2.29. The van der Waals surface area contributed by atoms with E-state index in [1.165, 1.54) is 38.5 Å². The third-order valence-electron chi connectivity index (χ3n) is 5.52. The van der Waals surface area contributed by atoms with Gasteiger partial charge in [-0.3, -0.25) is 14.4 Å². The van der Waals surface area contributed by atoms with Gasteiger partial charge in [-0.25, -0.2) is 12.7 Å². The van der Waals surface area contributed by atoms with Gasteiger partial charge >= 0.3 is 0 Å². The highest BCUT2D eigenvalue weighted by molar-refractivity contribution is 7.89. The third-order valence-corrected chi connectivity index (χ3v) is 7.59. The van der Waals surface area contributed by atoms with Crippen LogP contribution < -0.4 is 15.4 Å². The van der Waals surface area contributed by atoms with Gasteiger partial charge in [0, 0.05) is 20.2 Å². The molecule has 1 aliphatic rings. The molecule has 0 spiro atoms. The molecule has 13 heteroatoms. The smallest absolute Gasteiger partial charge is 0.267 e. The molecule has 2 aromatic rings. The SMILES string of the molecule is COCCNC(=O)c1cc(S(=O)(=O)N2CC(=O)NCC(Cc3cc(O)ccc3OC)C2=O)ccc1Cl. The lowest BCUT2D eigenvalue weighted by Gasteiger charge is -2.23. The number of ether oxygens (including phenoxy) is 2. The topological polar surface area (TPSA) is 151 Å². The fraction of sp³-hybridized carbons (Fsp3) is 0.348. The van der Waals surface area contributed by atoms with Crippen molar-refractivity contribution in [3.05, 3.63) is 52.5 Å². The van der Waals surface area contributed by atoms with Crippen LogP contribution in [0.2, 0.25) is 5.02 Å². The van der Waals surface area contributed by atoms with Crippen LogP contribution in [0.3, 0.4) is 0 Å². The fourth-order valence-electron chi connectivity index (χ4n) is 3.67. The Bertz CT molecular complexity index is 1270. The molecule has 0 saturated carbocycles. The number of hydrogen-bond acceptors (Lipinski definition) is 8. The van der Waals surface area contributed by atoms with E-state index in [0.717, 1.165) is 12.1 Å². The molecule has 3 N–H and O–H groups in total. The van der Waals surface area contributed by atoms with Crippen molar-refractivity contribution in [2.75, 3.05) is 40.5 Å². The van der Waals surface area contributed by atoms with E-state index in [2.05, 4.69) is 10.6 Å². The Labute approximate surface area is 213 Å². The van der Waals surface area contributed by atoms with E-state index >= 15 is 0 Å². The van der Waals surface area contributed by atoms with E-state index in [1.54, 1.807) is 0 Å². The number of phenolic OH excluding ortho intramolecular Hbond substituents is 1. The van der Waals surface area contributed by atoms with Gasteiger partial charge in [0.15, 0.2) is 0 Å². The maximum absolute atomic E-state index is 13.5. The number of rotatable bonds is 9. The van der Waals surface area contributed by atoms with Crippen molar-refractivity contribution >= 4 is 39.3 Å². The summed E-state index contributed by atoms with van der Waals surface area (Å²) in [5.41, 5.74) is 0.354. The van der Waals surface area contributed by atoms with Gasteiger partial charge in [-0.1, -0.05) is 11.6 Å². The van der Waals surface area contributed by atoms with E-state index in [9.17, 15) is 27.9 Å². The van der Waals surface area contributed by atoms with E-state index in [0.29, 0.717) is 15.6 Å². The van der Waals surface area contributed by atoms with E-state index < -0.39 is 40.2 Å². The number of hydrogen-bond donors (Lipinski definition) is 3. The van der Waals surface area contributed by atoms with Crippen LogP contribution in [0.15, 0.2) is 41.3 Å². The third kappa shape index (κ3) is 6.07. The number of nitrogens with zero attached hydrogens (tertiary/aromatic N) is 1. The number of carbonyl (C=O) groups is 3. The maximum Gasteiger partial charge on any atom is 0.267 e. The predicted octanol–water partition coefficient (Wildman–Crippen LogP) is 0.936. The number of methoxy groups -OCH3 is 2. The van der Waals surface area contributed by atoms with Crippen molar-refractivity contribution in [3.63, 3.8) is 0 Å². The molecule has 0 radical (unpaired) electrons. The van der Waals surface area contributed by atoms with Crippen LogP contribution in [0.1, 0.15) is 15.9 Å². The molecule has 0 aliphatic carbocycles. The number of carbonyl (C=O) groups excluding carboxylic acids is 3. The van der Waals surface area contributed by atoms with Gasteiger partial charge in [0.1, 0.15) is 18.0 Å². The highest BCUT2D eigenvalue weighted by atomic mass is 35.5. The van der Waals surface area contributed by atoms with Crippen molar-refractivity contribution in [2.24, 2.45) is 5.92 Å². The quantitative estimate of drug-likeness (QED) is 0.398. The molecule has 11 nitrogen and oxygen atoms in total. The van der Waals surface area contributed by atoms with Crippen LogP contribution in [0.4, 0.5) is 0 Å². The number of sulfonamides is 1. The second-order valence-electron chi connectivity index (χ2n) is 7.94. The lowest BCUT2D eigenvalue weighted by molar-refractivity contribution is -0.131. The molecule has 3 rings (SSSR count). The van der Waals surface area contributed by atoms with E-state index in [-0.39, 0.29) is 47.3 Å². The van der Waals surface area contributed by atoms with Crippen LogP contribution in [0.5, 0.6) is 11.5 Å². The maximum atomic E-state index is 13.5. The highest BCUT2D eigenvalue weighted by Gasteiger charge is 2.38.